The van der Waals surface area contributed by atoms with E-state index in [9.17, 15) is 19.2 Å². The molecule has 4 amide bonds. The molecule has 9 heteroatoms. The summed E-state index contributed by atoms with van der Waals surface area (Å²) in [6.07, 6.45) is 4.34. The first-order chi connectivity index (χ1) is 17.7. The van der Waals surface area contributed by atoms with Crippen LogP contribution >= 0.6 is 0 Å². The van der Waals surface area contributed by atoms with Crippen molar-refractivity contribution in [2.24, 2.45) is 5.73 Å². The molecule has 0 spiro atoms. The van der Waals surface area contributed by atoms with Gasteiger partial charge in [-0.15, -0.1) is 0 Å². The Morgan fingerprint density at radius 2 is 1.71 bits per heavy atom. The third kappa shape index (κ3) is 9.03. The first-order valence-corrected chi connectivity index (χ1v) is 13.7. The van der Waals surface area contributed by atoms with Crippen molar-refractivity contribution in [1.29, 1.82) is 0 Å². The number of aryl methyl sites for hydroxylation is 2. The van der Waals surface area contributed by atoms with Crippen molar-refractivity contribution in [3.05, 3.63) is 34.9 Å². The summed E-state index contributed by atoms with van der Waals surface area (Å²) in [6.45, 7) is 12.8. The van der Waals surface area contributed by atoms with Crippen LogP contribution in [0.1, 0.15) is 102 Å². The van der Waals surface area contributed by atoms with Crippen molar-refractivity contribution < 1.29 is 23.9 Å². The van der Waals surface area contributed by atoms with Crippen LogP contribution in [0.15, 0.2) is 18.2 Å². The van der Waals surface area contributed by atoms with Gasteiger partial charge in [0, 0.05) is 12.1 Å². The minimum absolute atomic E-state index is 0.0421. The van der Waals surface area contributed by atoms with Crippen LogP contribution in [0, 0.1) is 13.8 Å². The zero-order chi connectivity index (χ0) is 28.6. The highest BCUT2D eigenvalue weighted by Gasteiger charge is 2.39. The lowest BCUT2D eigenvalue weighted by Gasteiger charge is -2.39. The van der Waals surface area contributed by atoms with E-state index in [4.69, 9.17) is 10.5 Å². The van der Waals surface area contributed by atoms with Gasteiger partial charge in [-0.3, -0.25) is 14.4 Å². The second-order valence-corrected chi connectivity index (χ2v) is 11.5. The Morgan fingerprint density at radius 3 is 2.24 bits per heavy atom. The summed E-state index contributed by atoms with van der Waals surface area (Å²) in [6, 6.07) is 3.16. The van der Waals surface area contributed by atoms with E-state index >= 15 is 0 Å². The smallest absolute Gasteiger partial charge is 0.408 e. The van der Waals surface area contributed by atoms with Gasteiger partial charge >= 0.3 is 6.09 Å². The topological polar surface area (TPSA) is 131 Å². The zero-order valence-electron chi connectivity index (χ0n) is 24.1. The van der Waals surface area contributed by atoms with Crippen molar-refractivity contribution in [3.8, 4) is 0 Å². The number of nitrogens with two attached hydrogens (primary N) is 1. The number of nitrogens with zero attached hydrogens (tertiary/aromatic N) is 1. The van der Waals surface area contributed by atoms with Gasteiger partial charge in [0.25, 0.3) is 0 Å². The summed E-state index contributed by atoms with van der Waals surface area (Å²) in [5.74, 6) is -1.59. The third-order valence-corrected chi connectivity index (χ3v) is 7.04. The van der Waals surface area contributed by atoms with Crippen LogP contribution in [-0.4, -0.2) is 52.4 Å². The number of hydrogen-bond acceptors (Lipinski definition) is 5. The number of rotatable bonds is 10. The predicted molar refractivity (Wildman–Crippen MR) is 147 cm³/mol. The molecule has 0 bridgehead atoms. The maximum absolute atomic E-state index is 14.1. The largest absolute Gasteiger partial charge is 0.444 e. The Bertz CT molecular complexity index is 997. The van der Waals surface area contributed by atoms with E-state index in [2.05, 4.69) is 10.6 Å². The fraction of sp³-hybridized carbons (Fsp3) is 0.655. The summed E-state index contributed by atoms with van der Waals surface area (Å²) in [5.41, 5.74) is 7.40. The number of benzene rings is 1. The SMILES string of the molecule is CCC(C)N(C(=O)C(CC(N)=O)NC(=O)OC(C)(C)C)C(C(=O)NC1CCCCC1)c1ccc(C)c(C)c1. The van der Waals surface area contributed by atoms with Gasteiger partial charge in [0.15, 0.2) is 0 Å². The lowest BCUT2D eigenvalue weighted by atomic mass is 9.93. The number of primary amides is 1. The molecule has 0 heterocycles. The molecule has 1 aliphatic rings. The lowest BCUT2D eigenvalue weighted by Crippen LogP contribution is -2.57. The average molecular weight is 531 g/mol. The monoisotopic (exact) mass is 530 g/mol. The van der Waals surface area contributed by atoms with Gasteiger partial charge in [-0.05, 0) is 77.5 Å². The van der Waals surface area contributed by atoms with Crippen LogP contribution in [0.25, 0.3) is 0 Å². The van der Waals surface area contributed by atoms with Crippen molar-refractivity contribution in [2.45, 2.75) is 123 Å². The minimum atomic E-state index is -1.28. The van der Waals surface area contributed by atoms with Gasteiger partial charge in [0.1, 0.15) is 17.7 Å². The van der Waals surface area contributed by atoms with Gasteiger partial charge in [0.05, 0.1) is 6.42 Å². The normalized spacial score (nSPS) is 16.6. The Balaban J connectivity index is 2.53. The molecule has 4 N–H and O–H groups in total. The Hall–Kier alpha value is -3.10. The van der Waals surface area contributed by atoms with Gasteiger partial charge in [-0.2, -0.15) is 0 Å². The quantitative estimate of drug-likeness (QED) is 0.417. The molecule has 212 valence electrons. The molecule has 0 saturated heterocycles. The second kappa shape index (κ2) is 13.6. The van der Waals surface area contributed by atoms with E-state index in [0.29, 0.717) is 12.0 Å². The fourth-order valence-corrected chi connectivity index (χ4v) is 4.73. The molecule has 1 saturated carbocycles. The highest BCUT2D eigenvalue weighted by Crippen LogP contribution is 2.29. The van der Waals surface area contributed by atoms with Crippen molar-refractivity contribution in [2.75, 3.05) is 0 Å². The van der Waals surface area contributed by atoms with Crippen molar-refractivity contribution in [3.63, 3.8) is 0 Å². The van der Waals surface area contributed by atoms with Crippen LogP contribution < -0.4 is 16.4 Å². The molecule has 0 aliphatic heterocycles. The Morgan fingerprint density at radius 1 is 1.08 bits per heavy atom. The van der Waals surface area contributed by atoms with E-state index < -0.39 is 42.0 Å². The van der Waals surface area contributed by atoms with Gasteiger partial charge in [0.2, 0.25) is 17.7 Å². The number of amides is 4. The fourth-order valence-electron chi connectivity index (χ4n) is 4.73. The van der Waals surface area contributed by atoms with Crippen LogP contribution in [0.3, 0.4) is 0 Å². The maximum Gasteiger partial charge on any atom is 0.408 e. The number of carbonyl (C=O) groups is 4. The number of hydrogen-bond donors (Lipinski definition) is 3. The first-order valence-electron chi connectivity index (χ1n) is 13.7. The average Bonchev–Trinajstić information content (AvgIpc) is 2.82. The van der Waals surface area contributed by atoms with Crippen molar-refractivity contribution in [1.82, 2.24) is 15.5 Å². The molecule has 0 aromatic heterocycles. The first kappa shape index (κ1) is 31.1. The molecule has 0 radical (unpaired) electrons. The van der Waals surface area contributed by atoms with Gasteiger partial charge < -0.3 is 26.0 Å². The van der Waals surface area contributed by atoms with Gasteiger partial charge in [-0.25, -0.2) is 4.79 Å². The molecule has 1 aromatic carbocycles. The second-order valence-electron chi connectivity index (χ2n) is 11.5. The summed E-state index contributed by atoms with van der Waals surface area (Å²) < 4.78 is 5.34. The number of alkyl carbamates (subject to hydrolysis) is 1. The number of nitrogens with one attached hydrogen (secondary N) is 2. The molecule has 38 heavy (non-hydrogen) atoms. The Labute approximate surface area is 227 Å². The van der Waals surface area contributed by atoms with E-state index in [1.54, 1.807) is 20.8 Å². The van der Waals surface area contributed by atoms with Crippen molar-refractivity contribution >= 4 is 23.8 Å². The molecule has 1 aromatic rings. The van der Waals surface area contributed by atoms with Crippen LogP contribution in [0.4, 0.5) is 4.79 Å². The van der Waals surface area contributed by atoms with E-state index in [1.807, 2.05) is 45.9 Å². The summed E-state index contributed by atoms with van der Waals surface area (Å²) in [4.78, 5) is 54.1. The Kier molecular flexibility index (Phi) is 11.2. The molecule has 9 nitrogen and oxygen atoms in total. The predicted octanol–water partition coefficient (Wildman–Crippen LogP) is 4.19. The number of ether oxygens (including phenoxy) is 1. The minimum Gasteiger partial charge on any atom is -0.444 e. The van der Waals surface area contributed by atoms with E-state index in [0.717, 1.165) is 43.2 Å². The molecule has 3 unspecified atom stereocenters. The molecule has 1 fully saturated rings. The summed E-state index contributed by atoms with van der Waals surface area (Å²) in [7, 11) is 0. The molecule has 1 aliphatic carbocycles. The lowest BCUT2D eigenvalue weighted by molar-refractivity contribution is -0.146. The van der Waals surface area contributed by atoms with Crippen LogP contribution in [0.2, 0.25) is 0 Å². The third-order valence-electron chi connectivity index (χ3n) is 7.04. The molecule has 3 atom stereocenters. The maximum atomic E-state index is 14.1. The summed E-state index contributed by atoms with van der Waals surface area (Å²) in [5, 5.41) is 5.71. The molecular formula is C29H46N4O5. The zero-order valence-corrected chi connectivity index (χ0v) is 24.1. The summed E-state index contributed by atoms with van der Waals surface area (Å²) >= 11 is 0. The van der Waals surface area contributed by atoms with E-state index in [1.165, 1.54) is 4.90 Å². The number of carbonyl (C=O) groups excluding carboxylic acids is 4. The molecule has 2 rings (SSSR count). The highest BCUT2D eigenvalue weighted by molar-refractivity contribution is 5.94. The van der Waals surface area contributed by atoms with Gasteiger partial charge in [-0.1, -0.05) is 44.4 Å². The van der Waals surface area contributed by atoms with Crippen LogP contribution in [-0.2, 0) is 19.1 Å². The standard InChI is InChI=1S/C29H46N4O5/c1-8-20(4)33(27(36)23(17-24(30)34)32-28(37)38-29(5,6)7)25(21-15-14-18(2)19(3)16-21)26(35)31-22-12-10-9-11-13-22/h14-16,20,22-23,25H,8-13,17H2,1-7H3,(H2,30,34)(H,31,35)(H,32,37). The van der Waals surface area contributed by atoms with Crippen LogP contribution in [0.5, 0.6) is 0 Å². The molecular weight excluding hydrogens is 484 g/mol. The van der Waals surface area contributed by atoms with E-state index in [-0.39, 0.29) is 18.0 Å². The highest BCUT2D eigenvalue weighted by atomic mass is 16.6.